The van der Waals surface area contributed by atoms with Crippen LogP contribution in [0, 0.1) is 0 Å². The Morgan fingerprint density at radius 3 is 3.19 bits per heavy atom. The van der Waals surface area contributed by atoms with E-state index in [-0.39, 0.29) is 23.6 Å². The number of hydrogen-bond acceptors (Lipinski definition) is 4. The normalized spacial score (nSPS) is 18.8. The van der Waals surface area contributed by atoms with Crippen LogP contribution in [0.15, 0.2) is 29.3 Å². The van der Waals surface area contributed by atoms with Gasteiger partial charge in [0, 0.05) is 24.5 Å². The number of nitrogens with zero attached hydrogens (tertiary/aromatic N) is 3. The highest BCUT2D eigenvalue weighted by molar-refractivity contribution is 5.80. The van der Waals surface area contributed by atoms with Crippen LogP contribution < -0.4 is 10.9 Å². The zero-order valence-corrected chi connectivity index (χ0v) is 11.7. The molecule has 1 aliphatic rings. The van der Waals surface area contributed by atoms with Gasteiger partial charge in [-0.2, -0.15) is 10.2 Å². The molecule has 7 heteroatoms. The van der Waals surface area contributed by atoms with Gasteiger partial charge in [0.25, 0.3) is 5.56 Å². The summed E-state index contributed by atoms with van der Waals surface area (Å²) in [5, 5.41) is 13.6. The van der Waals surface area contributed by atoms with Gasteiger partial charge in [-0.15, -0.1) is 0 Å². The summed E-state index contributed by atoms with van der Waals surface area (Å²) in [4.78, 5) is 23.6. The molecule has 0 saturated carbocycles. The van der Waals surface area contributed by atoms with E-state index in [0.29, 0.717) is 6.42 Å². The Balaban J connectivity index is 1.67. The molecule has 3 rings (SSSR count). The molecule has 0 radical (unpaired) electrons. The second-order valence-corrected chi connectivity index (χ2v) is 5.31. The van der Waals surface area contributed by atoms with Crippen molar-refractivity contribution in [3.8, 4) is 0 Å². The Morgan fingerprint density at radius 2 is 2.43 bits per heavy atom. The van der Waals surface area contributed by atoms with Crippen LogP contribution in [0.3, 0.4) is 0 Å². The van der Waals surface area contributed by atoms with Crippen molar-refractivity contribution in [2.45, 2.75) is 38.3 Å². The number of nitrogens with one attached hydrogen (secondary N) is 2. The van der Waals surface area contributed by atoms with Crippen LogP contribution in [0.25, 0.3) is 0 Å². The summed E-state index contributed by atoms with van der Waals surface area (Å²) in [5.74, 6) is -0.0649. The maximum Gasteiger partial charge on any atom is 0.264 e. The van der Waals surface area contributed by atoms with Gasteiger partial charge in [-0.05, 0) is 37.8 Å². The van der Waals surface area contributed by atoms with Gasteiger partial charge in [0.15, 0.2) is 0 Å². The number of aryl methyl sites for hydroxylation is 1. The summed E-state index contributed by atoms with van der Waals surface area (Å²) in [7, 11) is 0. The summed E-state index contributed by atoms with van der Waals surface area (Å²) in [6.07, 6.45) is 5.64. The van der Waals surface area contributed by atoms with E-state index in [2.05, 4.69) is 20.6 Å². The predicted octanol–water partition coefficient (Wildman–Crippen LogP) is 0.201. The van der Waals surface area contributed by atoms with Crippen molar-refractivity contribution in [3.63, 3.8) is 0 Å². The smallest absolute Gasteiger partial charge is 0.264 e. The van der Waals surface area contributed by atoms with E-state index in [0.717, 1.165) is 24.1 Å². The minimum atomic E-state index is -0.348. The van der Waals surface area contributed by atoms with Crippen LogP contribution in [-0.4, -0.2) is 31.9 Å². The number of H-pyrrole nitrogens is 1. The van der Waals surface area contributed by atoms with Crippen LogP contribution in [0.5, 0.6) is 0 Å². The van der Waals surface area contributed by atoms with Crippen molar-refractivity contribution in [3.05, 3.63) is 46.1 Å². The third-order valence-corrected chi connectivity index (χ3v) is 3.82. The highest BCUT2D eigenvalue weighted by atomic mass is 16.2. The molecule has 0 spiro atoms. The molecule has 110 valence electrons. The Bertz CT molecular complexity index is 692. The monoisotopic (exact) mass is 287 g/mol. The molecule has 2 heterocycles. The van der Waals surface area contributed by atoms with E-state index in [1.165, 1.54) is 0 Å². The topological polar surface area (TPSA) is 92.7 Å². The first kappa shape index (κ1) is 13.5. The standard InChI is InChI=1S/C14H17N5O2/c1-9(19-6-2-5-15-19)14(21)16-11-3-4-12-10(7-11)8-13(20)18-17-12/h2,5-6,8-9,11H,3-4,7H2,1H3,(H,16,21)(H,18,20). The molecule has 2 atom stereocenters. The number of carbonyl (C=O) groups is 1. The molecule has 2 unspecified atom stereocenters. The van der Waals surface area contributed by atoms with Crippen LogP contribution in [0.2, 0.25) is 0 Å². The number of aromatic nitrogens is 4. The van der Waals surface area contributed by atoms with Crippen LogP contribution in [-0.2, 0) is 17.6 Å². The van der Waals surface area contributed by atoms with E-state index in [1.807, 2.05) is 6.92 Å². The summed E-state index contributed by atoms with van der Waals surface area (Å²) < 4.78 is 1.62. The average Bonchev–Trinajstić information content (AvgIpc) is 3.00. The van der Waals surface area contributed by atoms with Gasteiger partial charge in [-0.25, -0.2) is 5.10 Å². The lowest BCUT2D eigenvalue weighted by Crippen LogP contribution is -2.42. The molecule has 1 amide bonds. The van der Waals surface area contributed by atoms with E-state index >= 15 is 0 Å². The molecule has 21 heavy (non-hydrogen) atoms. The quantitative estimate of drug-likeness (QED) is 0.843. The molecule has 0 aliphatic heterocycles. The highest BCUT2D eigenvalue weighted by Gasteiger charge is 2.24. The molecule has 1 aliphatic carbocycles. The molecule has 0 aromatic carbocycles. The molecular weight excluding hydrogens is 270 g/mol. The fourth-order valence-electron chi connectivity index (χ4n) is 2.61. The SMILES string of the molecule is CC(C(=O)NC1CCc2n[nH]c(=O)cc2C1)n1cccn1. The van der Waals surface area contributed by atoms with E-state index in [1.54, 1.807) is 29.2 Å². The van der Waals surface area contributed by atoms with Crippen molar-refractivity contribution in [1.29, 1.82) is 0 Å². The summed E-state index contributed by atoms with van der Waals surface area (Å²) in [5.41, 5.74) is 1.63. The molecule has 0 bridgehead atoms. The molecule has 2 N–H and O–H groups in total. The van der Waals surface area contributed by atoms with Gasteiger partial charge < -0.3 is 5.32 Å². The average molecular weight is 287 g/mol. The van der Waals surface area contributed by atoms with E-state index in [9.17, 15) is 9.59 Å². The van der Waals surface area contributed by atoms with Gasteiger partial charge in [0.2, 0.25) is 5.91 Å². The molecule has 0 fully saturated rings. The van der Waals surface area contributed by atoms with Crippen LogP contribution in [0.1, 0.15) is 30.6 Å². The fraction of sp³-hybridized carbons (Fsp3) is 0.429. The van der Waals surface area contributed by atoms with Gasteiger partial charge in [0.1, 0.15) is 6.04 Å². The predicted molar refractivity (Wildman–Crippen MR) is 75.8 cm³/mol. The second-order valence-electron chi connectivity index (χ2n) is 5.31. The lowest BCUT2D eigenvalue weighted by Gasteiger charge is -2.25. The molecule has 2 aromatic heterocycles. The molecule has 0 saturated heterocycles. The first-order valence-corrected chi connectivity index (χ1v) is 7.00. The molecular formula is C14H17N5O2. The molecule has 2 aromatic rings. The number of fused-ring (bicyclic) bond motifs is 1. The highest BCUT2D eigenvalue weighted by Crippen LogP contribution is 2.18. The largest absolute Gasteiger partial charge is 0.351 e. The number of carbonyl (C=O) groups excluding carboxylic acids is 1. The van der Waals surface area contributed by atoms with Gasteiger partial charge in [-0.1, -0.05) is 0 Å². The maximum atomic E-state index is 12.2. The summed E-state index contributed by atoms with van der Waals surface area (Å²) in [6, 6.07) is 3.04. The fourth-order valence-corrected chi connectivity index (χ4v) is 2.61. The van der Waals surface area contributed by atoms with Crippen molar-refractivity contribution >= 4 is 5.91 Å². The number of rotatable bonds is 3. The van der Waals surface area contributed by atoms with E-state index < -0.39 is 0 Å². The first-order chi connectivity index (χ1) is 10.1. The number of aromatic amines is 1. The van der Waals surface area contributed by atoms with Gasteiger partial charge in [-0.3, -0.25) is 14.3 Å². The maximum absolute atomic E-state index is 12.2. The number of hydrogen-bond donors (Lipinski definition) is 2. The Hall–Kier alpha value is -2.44. The Kier molecular flexibility index (Phi) is 3.55. The van der Waals surface area contributed by atoms with Crippen molar-refractivity contribution in [1.82, 2.24) is 25.3 Å². The first-order valence-electron chi connectivity index (χ1n) is 7.00. The van der Waals surface area contributed by atoms with Crippen LogP contribution in [0.4, 0.5) is 0 Å². The third kappa shape index (κ3) is 2.86. The lowest BCUT2D eigenvalue weighted by atomic mass is 9.92. The van der Waals surface area contributed by atoms with Crippen molar-refractivity contribution in [2.75, 3.05) is 0 Å². The Labute approximate surface area is 121 Å². The van der Waals surface area contributed by atoms with E-state index in [4.69, 9.17) is 0 Å². The van der Waals surface area contributed by atoms with Crippen molar-refractivity contribution in [2.24, 2.45) is 0 Å². The van der Waals surface area contributed by atoms with Gasteiger partial charge in [0.05, 0.1) is 5.69 Å². The van der Waals surface area contributed by atoms with Crippen molar-refractivity contribution < 1.29 is 4.79 Å². The lowest BCUT2D eigenvalue weighted by molar-refractivity contribution is -0.124. The Morgan fingerprint density at radius 1 is 1.57 bits per heavy atom. The minimum Gasteiger partial charge on any atom is -0.351 e. The number of amides is 1. The minimum absolute atomic E-state index is 0.0339. The summed E-state index contributed by atoms with van der Waals surface area (Å²) in [6.45, 7) is 1.81. The van der Waals surface area contributed by atoms with Gasteiger partial charge >= 0.3 is 0 Å². The van der Waals surface area contributed by atoms with Crippen LogP contribution >= 0.6 is 0 Å². The third-order valence-electron chi connectivity index (χ3n) is 3.82. The zero-order chi connectivity index (χ0) is 14.8. The zero-order valence-electron chi connectivity index (χ0n) is 11.7. The molecule has 7 nitrogen and oxygen atoms in total. The summed E-state index contributed by atoms with van der Waals surface area (Å²) >= 11 is 0. The second kappa shape index (κ2) is 5.51.